The van der Waals surface area contributed by atoms with Crippen molar-refractivity contribution >= 4 is 0 Å². The maximum atomic E-state index is 8.83. The van der Waals surface area contributed by atoms with Gasteiger partial charge in [-0.1, -0.05) is 12.1 Å². The first-order chi connectivity index (χ1) is 7.83. The molecule has 2 rings (SSSR count). The van der Waals surface area contributed by atoms with Gasteiger partial charge in [-0.2, -0.15) is 0 Å². The van der Waals surface area contributed by atoms with Crippen LogP contribution in [0, 0.1) is 0 Å². The number of hydrogen-bond donors (Lipinski definition) is 1. The van der Waals surface area contributed by atoms with Crippen LogP contribution in [0.1, 0.15) is 5.82 Å². The molecule has 0 radical (unpaired) electrons. The first-order valence-corrected chi connectivity index (χ1v) is 4.89. The molecule has 0 amide bonds. The maximum absolute atomic E-state index is 8.83. The van der Waals surface area contributed by atoms with Crippen LogP contribution in [0.25, 0.3) is 11.1 Å². The Morgan fingerprint density at radius 3 is 2.19 bits per heavy atom. The summed E-state index contributed by atoms with van der Waals surface area (Å²) >= 11 is 0. The number of rotatable bonds is 3. The van der Waals surface area contributed by atoms with Crippen molar-refractivity contribution in [3.63, 3.8) is 0 Å². The fraction of sp³-hybridized carbons (Fsp3) is 0.167. The van der Waals surface area contributed by atoms with E-state index in [2.05, 4.69) is 9.97 Å². The molecular formula is C12H12N2O2. The molecule has 1 aromatic carbocycles. The zero-order valence-electron chi connectivity index (χ0n) is 8.92. The minimum absolute atomic E-state index is 0.136. The number of hydrogen-bond acceptors (Lipinski definition) is 4. The van der Waals surface area contributed by atoms with Crippen LogP contribution >= 0.6 is 0 Å². The molecule has 0 spiro atoms. The Kier molecular flexibility index (Phi) is 3.12. The molecule has 0 aliphatic heterocycles. The topological polar surface area (TPSA) is 55.2 Å². The van der Waals surface area contributed by atoms with E-state index in [0.29, 0.717) is 5.82 Å². The van der Waals surface area contributed by atoms with Gasteiger partial charge in [-0.15, -0.1) is 0 Å². The van der Waals surface area contributed by atoms with E-state index < -0.39 is 0 Å². The van der Waals surface area contributed by atoms with Crippen LogP contribution < -0.4 is 4.74 Å². The van der Waals surface area contributed by atoms with Crippen molar-refractivity contribution in [3.8, 4) is 16.9 Å². The maximum Gasteiger partial charge on any atom is 0.153 e. The molecule has 0 saturated carbocycles. The minimum Gasteiger partial charge on any atom is -0.497 e. The molecule has 4 heteroatoms. The predicted molar refractivity (Wildman–Crippen MR) is 59.9 cm³/mol. The molecular weight excluding hydrogens is 204 g/mol. The highest BCUT2D eigenvalue weighted by atomic mass is 16.5. The highest BCUT2D eigenvalue weighted by molar-refractivity contribution is 5.62. The molecule has 82 valence electrons. The molecule has 0 aliphatic rings. The Morgan fingerprint density at radius 2 is 1.69 bits per heavy atom. The first kappa shape index (κ1) is 10.6. The van der Waals surface area contributed by atoms with Crippen LogP contribution in [0.2, 0.25) is 0 Å². The molecule has 0 fully saturated rings. The number of aromatic nitrogens is 2. The monoisotopic (exact) mass is 216 g/mol. The van der Waals surface area contributed by atoms with E-state index in [4.69, 9.17) is 9.84 Å². The van der Waals surface area contributed by atoms with Crippen molar-refractivity contribution < 1.29 is 9.84 Å². The van der Waals surface area contributed by atoms with Gasteiger partial charge in [0, 0.05) is 18.0 Å². The van der Waals surface area contributed by atoms with Crippen molar-refractivity contribution in [2.75, 3.05) is 7.11 Å². The summed E-state index contributed by atoms with van der Waals surface area (Å²) in [5.74, 6) is 1.24. The highest BCUT2D eigenvalue weighted by Gasteiger charge is 2.00. The third-order valence-corrected chi connectivity index (χ3v) is 2.27. The lowest BCUT2D eigenvalue weighted by Crippen LogP contribution is -1.93. The first-order valence-electron chi connectivity index (χ1n) is 4.89. The van der Waals surface area contributed by atoms with E-state index >= 15 is 0 Å². The van der Waals surface area contributed by atoms with Gasteiger partial charge in [0.15, 0.2) is 5.82 Å². The van der Waals surface area contributed by atoms with Crippen molar-refractivity contribution in [1.29, 1.82) is 0 Å². The molecule has 1 aromatic heterocycles. The smallest absolute Gasteiger partial charge is 0.153 e. The van der Waals surface area contributed by atoms with Crippen LogP contribution in [0.5, 0.6) is 5.75 Å². The third kappa shape index (κ3) is 2.17. The summed E-state index contributed by atoms with van der Waals surface area (Å²) in [5.41, 5.74) is 1.94. The van der Waals surface area contributed by atoms with Gasteiger partial charge < -0.3 is 9.84 Å². The molecule has 0 bridgehead atoms. The van der Waals surface area contributed by atoms with E-state index in [1.54, 1.807) is 19.5 Å². The van der Waals surface area contributed by atoms with E-state index in [-0.39, 0.29) is 6.61 Å². The molecule has 1 N–H and O–H groups in total. The summed E-state index contributed by atoms with van der Waals surface area (Å²) in [7, 11) is 1.63. The number of benzene rings is 1. The predicted octanol–water partition coefficient (Wildman–Crippen LogP) is 1.64. The Morgan fingerprint density at radius 1 is 1.06 bits per heavy atom. The van der Waals surface area contributed by atoms with Crippen LogP contribution in [-0.4, -0.2) is 22.2 Å². The van der Waals surface area contributed by atoms with Gasteiger partial charge in [0.2, 0.25) is 0 Å². The molecule has 0 unspecified atom stereocenters. The quantitative estimate of drug-likeness (QED) is 0.847. The van der Waals surface area contributed by atoms with Crippen molar-refractivity contribution in [2.45, 2.75) is 6.61 Å². The van der Waals surface area contributed by atoms with Gasteiger partial charge in [-0.05, 0) is 17.7 Å². The highest BCUT2D eigenvalue weighted by Crippen LogP contribution is 2.20. The third-order valence-electron chi connectivity index (χ3n) is 2.27. The molecule has 1 heterocycles. The van der Waals surface area contributed by atoms with E-state index in [1.807, 2.05) is 24.3 Å². The fourth-order valence-electron chi connectivity index (χ4n) is 1.37. The largest absolute Gasteiger partial charge is 0.497 e. The lowest BCUT2D eigenvalue weighted by Gasteiger charge is -2.03. The van der Waals surface area contributed by atoms with Gasteiger partial charge in [-0.3, -0.25) is 0 Å². The fourth-order valence-corrected chi connectivity index (χ4v) is 1.37. The number of aliphatic hydroxyl groups is 1. The van der Waals surface area contributed by atoms with Crippen molar-refractivity contribution in [1.82, 2.24) is 9.97 Å². The normalized spacial score (nSPS) is 10.1. The Bertz CT molecular complexity index is 406. The van der Waals surface area contributed by atoms with Crippen LogP contribution in [0.15, 0.2) is 36.7 Å². The SMILES string of the molecule is COc1ccc(-c2cnc(CO)nc2)cc1. The van der Waals surface area contributed by atoms with Crippen LogP contribution in [-0.2, 0) is 6.61 Å². The lowest BCUT2D eigenvalue weighted by molar-refractivity contribution is 0.271. The zero-order valence-corrected chi connectivity index (χ0v) is 8.92. The van der Waals surface area contributed by atoms with Gasteiger partial charge in [0.05, 0.1) is 7.11 Å². The minimum atomic E-state index is -0.136. The average molecular weight is 216 g/mol. The Labute approximate surface area is 93.6 Å². The standard InChI is InChI=1S/C12H12N2O2/c1-16-11-4-2-9(3-5-11)10-6-13-12(8-15)14-7-10/h2-7,15H,8H2,1H3. The zero-order chi connectivity index (χ0) is 11.4. The van der Waals surface area contributed by atoms with Gasteiger partial charge in [0.1, 0.15) is 12.4 Å². The molecule has 4 nitrogen and oxygen atoms in total. The summed E-state index contributed by atoms with van der Waals surface area (Å²) in [4.78, 5) is 8.05. The summed E-state index contributed by atoms with van der Waals surface area (Å²) < 4.78 is 5.08. The average Bonchev–Trinajstić information content (AvgIpc) is 2.39. The van der Waals surface area contributed by atoms with Crippen molar-refractivity contribution in [2.24, 2.45) is 0 Å². The van der Waals surface area contributed by atoms with Gasteiger partial charge >= 0.3 is 0 Å². The summed E-state index contributed by atoms with van der Waals surface area (Å²) in [6.07, 6.45) is 3.39. The van der Waals surface area contributed by atoms with E-state index in [9.17, 15) is 0 Å². The lowest BCUT2D eigenvalue weighted by atomic mass is 10.1. The molecule has 0 saturated heterocycles. The second-order valence-corrected chi connectivity index (χ2v) is 3.27. The van der Waals surface area contributed by atoms with Crippen LogP contribution in [0.3, 0.4) is 0 Å². The molecule has 16 heavy (non-hydrogen) atoms. The number of ether oxygens (including phenoxy) is 1. The molecule has 0 aliphatic carbocycles. The van der Waals surface area contributed by atoms with Crippen molar-refractivity contribution in [3.05, 3.63) is 42.5 Å². The van der Waals surface area contributed by atoms with Crippen LogP contribution in [0.4, 0.5) is 0 Å². The number of aliphatic hydroxyl groups excluding tert-OH is 1. The molecule has 2 aromatic rings. The summed E-state index contributed by atoms with van der Waals surface area (Å²) in [5, 5.41) is 8.83. The van der Waals surface area contributed by atoms with E-state index in [0.717, 1.165) is 16.9 Å². The summed E-state index contributed by atoms with van der Waals surface area (Å²) in [6.45, 7) is -0.136. The summed E-state index contributed by atoms with van der Waals surface area (Å²) in [6, 6.07) is 7.65. The van der Waals surface area contributed by atoms with Gasteiger partial charge in [0.25, 0.3) is 0 Å². The number of nitrogens with zero attached hydrogens (tertiary/aromatic N) is 2. The number of methoxy groups -OCH3 is 1. The van der Waals surface area contributed by atoms with E-state index in [1.165, 1.54) is 0 Å². The molecule has 0 atom stereocenters. The Balaban J connectivity index is 2.28. The Hall–Kier alpha value is -1.94. The second kappa shape index (κ2) is 4.72. The van der Waals surface area contributed by atoms with Gasteiger partial charge in [-0.25, -0.2) is 9.97 Å². The second-order valence-electron chi connectivity index (χ2n) is 3.27.